The molecule has 0 aliphatic carbocycles. The molecule has 0 radical (unpaired) electrons. The van der Waals surface area contributed by atoms with Crippen LogP contribution in [-0.2, 0) is 4.74 Å². The van der Waals surface area contributed by atoms with Crippen LogP contribution in [0.4, 0.5) is 4.79 Å². The monoisotopic (exact) mass is 323 g/mol. The summed E-state index contributed by atoms with van der Waals surface area (Å²) in [6.07, 6.45) is 1.02. The van der Waals surface area contributed by atoms with Crippen LogP contribution in [0.3, 0.4) is 0 Å². The molecule has 0 atom stereocenters. The van der Waals surface area contributed by atoms with Crippen molar-refractivity contribution in [2.24, 2.45) is 0 Å². The molecule has 0 aliphatic rings. The maximum absolute atomic E-state index is 12.1. The van der Waals surface area contributed by atoms with Crippen molar-refractivity contribution < 1.29 is 24.2 Å². The van der Waals surface area contributed by atoms with Crippen LogP contribution in [0.5, 0.6) is 0 Å². The number of rotatable bonds is 4. The van der Waals surface area contributed by atoms with Crippen LogP contribution in [0.15, 0.2) is 18.3 Å². The predicted molar refractivity (Wildman–Crippen MR) is 81.9 cm³/mol. The molecule has 1 rings (SSSR count). The average Bonchev–Trinajstić information content (AvgIpc) is 2.45. The van der Waals surface area contributed by atoms with Gasteiger partial charge in [-0.05, 0) is 39.3 Å². The molecule has 1 aromatic rings. The molecule has 0 spiro atoms. The molecule has 0 aromatic carbocycles. The molecule has 0 saturated heterocycles. The normalized spacial score (nSPS) is 10.8. The number of carboxylic acid groups (broad SMARTS) is 1. The number of amides is 2. The van der Waals surface area contributed by atoms with Gasteiger partial charge < -0.3 is 9.84 Å². The second-order valence-electron chi connectivity index (χ2n) is 5.81. The molecule has 1 heterocycles. The molecule has 8 nitrogen and oxygen atoms in total. The summed E-state index contributed by atoms with van der Waals surface area (Å²) in [4.78, 5) is 38.7. The van der Waals surface area contributed by atoms with E-state index in [1.54, 1.807) is 20.8 Å². The fraction of sp³-hybridized carbons (Fsp3) is 0.467. The van der Waals surface area contributed by atoms with Crippen LogP contribution in [0.2, 0.25) is 0 Å². The Balaban J connectivity index is 2.81. The first-order valence-electron chi connectivity index (χ1n) is 7.15. The van der Waals surface area contributed by atoms with Crippen molar-refractivity contribution in [1.29, 1.82) is 0 Å². The quantitative estimate of drug-likeness (QED) is 0.821. The smallest absolute Gasteiger partial charge is 0.429 e. The van der Waals surface area contributed by atoms with Crippen molar-refractivity contribution in [3.8, 4) is 0 Å². The first-order chi connectivity index (χ1) is 10.6. The first-order valence-corrected chi connectivity index (χ1v) is 7.15. The van der Waals surface area contributed by atoms with Gasteiger partial charge in [0.1, 0.15) is 11.3 Å². The number of carboxylic acids is 1. The van der Waals surface area contributed by atoms with Gasteiger partial charge in [-0.1, -0.05) is 6.92 Å². The summed E-state index contributed by atoms with van der Waals surface area (Å²) in [6, 6.07) is 2.54. The molecule has 0 saturated carbocycles. The molecule has 0 unspecified atom stereocenters. The van der Waals surface area contributed by atoms with Crippen LogP contribution >= 0.6 is 0 Å². The van der Waals surface area contributed by atoms with E-state index in [2.05, 4.69) is 10.4 Å². The Bertz CT molecular complexity index is 578. The van der Waals surface area contributed by atoms with Gasteiger partial charge in [0.2, 0.25) is 0 Å². The van der Waals surface area contributed by atoms with E-state index in [4.69, 9.17) is 9.84 Å². The molecule has 0 aliphatic heterocycles. The lowest BCUT2D eigenvalue weighted by Gasteiger charge is -2.27. The molecule has 2 amide bonds. The fourth-order valence-electron chi connectivity index (χ4n) is 1.57. The Morgan fingerprint density at radius 1 is 1.30 bits per heavy atom. The molecular formula is C15H21N3O5. The van der Waals surface area contributed by atoms with Gasteiger partial charge in [-0.3, -0.25) is 15.2 Å². The van der Waals surface area contributed by atoms with E-state index in [1.165, 1.54) is 12.1 Å². The summed E-state index contributed by atoms with van der Waals surface area (Å²) in [5, 5.41) is 9.87. The number of nitrogens with one attached hydrogen (secondary N) is 1. The lowest BCUT2D eigenvalue weighted by atomic mass is 10.2. The first kappa shape index (κ1) is 18.4. The number of carbonyl (C=O) groups excluding carboxylic acids is 2. The van der Waals surface area contributed by atoms with Crippen LogP contribution < -0.4 is 5.43 Å². The number of nitrogens with zero attached hydrogens (tertiary/aromatic N) is 2. The minimum absolute atomic E-state index is 0.000313. The number of aromatic nitrogens is 1. The van der Waals surface area contributed by atoms with Gasteiger partial charge in [-0.15, -0.1) is 0 Å². The van der Waals surface area contributed by atoms with E-state index in [0.717, 1.165) is 11.2 Å². The summed E-state index contributed by atoms with van der Waals surface area (Å²) in [7, 11) is 0. The highest BCUT2D eigenvalue weighted by Gasteiger charge is 2.23. The van der Waals surface area contributed by atoms with Crippen LogP contribution in [0, 0.1) is 0 Å². The van der Waals surface area contributed by atoms with Crippen molar-refractivity contribution in [3.63, 3.8) is 0 Å². The number of carbonyl (C=O) groups is 3. The highest BCUT2D eigenvalue weighted by molar-refractivity contribution is 5.94. The summed E-state index contributed by atoms with van der Waals surface area (Å²) in [5.74, 6) is -1.76. The van der Waals surface area contributed by atoms with Crippen molar-refractivity contribution >= 4 is 18.0 Å². The minimum Gasteiger partial charge on any atom is -0.478 e. The van der Waals surface area contributed by atoms with E-state index in [1.807, 2.05) is 6.92 Å². The van der Waals surface area contributed by atoms with Gasteiger partial charge in [0, 0.05) is 12.7 Å². The van der Waals surface area contributed by atoms with Crippen molar-refractivity contribution in [2.75, 3.05) is 6.54 Å². The number of aromatic carboxylic acids is 1. The fourth-order valence-corrected chi connectivity index (χ4v) is 1.57. The van der Waals surface area contributed by atoms with E-state index in [-0.39, 0.29) is 17.8 Å². The largest absolute Gasteiger partial charge is 0.478 e. The van der Waals surface area contributed by atoms with Crippen molar-refractivity contribution in [1.82, 2.24) is 15.4 Å². The second-order valence-corrected chi connectivity index (χ2v) is 5.81. The average molecular weight is 323 g/mol. The summed E-state index contributed by atoms with van der Waals surface area (Å²) in [6.45, 7) is 7.30. The zero-order chi connectivity index (χ0) is 17.6. The maximum Gasteiger partial charge on any atom is 0.429 e. The number of hydrogen-bond acceptors (Lipinski definition) is 5. The van der Waals surface area contributed by atoms with Gasteiger partial charge in [0.05, 0.1) is 5.56 Å². The zero-order valence-corrected chi connectivity index (χ0v) is 13.6. The number of hydrazine groups is 1. The lowest BCUT2D eigenvalue weighted by Crippen LogP contribution is -2.48. The van der Waals surface area contributed by atoms with E-state index in [0.29, 0.717) is 6.42 Å². The highest BCUT2D eigenvalue weighted by atomic mass is 16.6. The zero-order valence-electron chi connectivity index (χ0n) is 13.6. The predicted octanol–water partition coefficient (Wildman–Crippen LogP) is 2.07. The van der Waals surface area contributed by atoms with E-state index >= 15 is 0 Å². The summed E-state index contributed by atoms with van der Waals surface area (Å²) in [5.41, 5.74) is 1.70. The molecule has 1 aromatic heterocycles. The van der Waals surface area contributed by atoms with Gasteiger partial charge in [-0.25, -0.2) is 14.6 Å². The van der Waals surface area contributed by atoms with E-state index in [9.17, 15) is 14.4 Å². The van der Waals surface area contributed by atoms with Gasteiger partial charge >= 0.3 is 12.1 Å². The molecule has 0 bridgehead atoms. The molecule has 2 N–H and O–H groups in total. The molecule has 126 valence electrons. The van der Waals surface area contributed by atoms with Crippen molar-refractivity contribution in [3.05, 3.63) is 29.6 Å². The summed E-state index contributed by atoms with van der Waals surface area (Å²) >= 11 is 0. The van der Waals surface area contributed by atoms with E-state index < -0.39 is 23.6 Å². The number of hydrogen-bond donors (Lipinski definition) is 2. The maximum atomic E-state index is 12.1. The Morgan fingerprint density at radius 2 is 1.96 bits per heavy atom. The third-order valence-electron chi connectivity index (χ3n) is 2.54. The van der Waals surface area contributed by atoms with Gasteiger partial charge in [0.15, 0.2) is 0 Å². The Kier molecular flexibility index (Phi) is 6.06. The van der Waals surface area contributed by atoms with Gasteiger partial charge in [-0.2, -0.15) is 0 Å². The Morgan fingerprint density at radius 3 is 2.39 bits per heavy atom. The lowest BCUT2D eigenvalue weighted by molar-refractivity contribution is 0.0132. The van der Waals surface area contributed by atoms with Crippen LogP contribution in [0.25, 0.3) is 0 Å². The summed E-state index contributed by atoms with van der Waals surface area (Å²) < 4.78 is 5.21. The molecular weight excluding hydrogens is 302 g/mol. The molecule has 23 heavy (non-hydrogen) atoms. The van der Waals surface area contributed by atoms with Crippen LogP contribution in [-0.4, -0.2) is 45.2 Å². The third kappa shape index (κ3) is 5.93. The number of ether oxygens (including phenoxy) is 1. The SMILES string of the molecule is CCCN(NC(=O)c1ccc(C(=O)O)cn1)C(=O)OC(C)(C)C. The van der Waals surface area contributed by atoms with Crippen molar-refractivity contribution in [2.45, 2.75) is 39.7 Å². The van der Waals surface area contributed by atoms with Crippen LogP contribution in [0.1, 0.15) is 55.0 Å². The number of pyridine rings is 1. The topological polar surface area (TPSA) is 109 Å². The molecule has 8 heteroatoms. The third-order valence-corrected chi connectivity index (χ3v) is 2.54. The molecule has 0 fully saturated rings. The minimum atomic E-state index is -1.13. The standard InChI is InChI=1S/C15H21N3O5/c1-5-8-18(14(22)23-15(2,3)4)17-12(19)11-7-6-10(9-16-11)13(20)21/h6-7,9H,5,8H2,1-4H3,(H,17,19)(H,20,21). The second kappa shape index (κ2) is 7.57. The highest BCUT2D eigenvalue weighted by Crippen LogP contribution is 2.09. The van der Waals surface area contributed by atoms with Gasteiger partial charge in [0.25, 0.3) is 5.91 Å². The Labute approximate surface area is 134 Å². The Hall–Kier alpha value is -2.64.